The van der Waals surface area contributed by atoms with E-state index in [0.717, 1.165) is 17.9 Å². The Hall–Kier alpha value is -1.00. The number of amides is 1. The number of carbonyl (C=O) groups is 1. The van der Waals surface area contributed by atoms with Crippen LogP contribution in [0.4, 0.5) is 0 Å². The lowest BCUT2D eigenvalue weighted by Gasteiger charge is -2.21. The van der Waals surface area contributed by atoms with Crippen LogP contribution in [-0.4, -0.2) is 36.4 Å². The molecule has 0 bridgehead atoms. The molecule has 0 unspecified atom stereocenters. The summed E-state index contributed by atoms with van der Waals surface area (Å²) in [7, 11) is 1.79. The number of thioether (sulfide) groups is 1. The molecule has 1 aromatic carbocycles. The maximum Gasteiger partial charge on any atom is 0.243 e. The van der Waals surface area contributed by atoms with Crippen molar-refractivity contribution >= 4 is 17.7 Å². The van der Waals surface area contributed by atoms with Gasteiger partial charge in [0.1, 0.15) is 6.04 Å². The van der Waals surface area contributed by atoms with Gasteiger partial charge in [-0.2, -0.15) is 11.8 Å². The summed E-state index contributed by atoms with van der Waals surface area (Å²) in [5.74, 6) is 0.907. The van der Waals surface area contributed by atoms with Gasteiger partial charge in [-0.25, -0.2) is 0 Å². The first-order chi connectivity index (χ1) is 7.66. The third-order valence-electron chi connectivity index (χ3n) is 2.43. The second-order valence-electron chi connectivity index (χ2n) is 3.64. The largest absolute Gasteiger partial charge is 0.343 e. The number of hydrogen-bond acceptors (Lipinski definition) is 3. The molecule has 0 heterocycles. The Balaban J connectivity index is 2.60. The first kappa shape index (κ1) is 13.1. The van der Waals surface area contributed by atoms with Crippen LogP contribution in [0, 0.1) is 0 Å². The molecule has 1 amide bonds. The van der Waals surface area contributed by atoms with Gasteiger partial charge in [0.15, 0.2) is 0 Å². The Morgan fingerprint density at radius 3 is 2.62 bits per heavy atom. The molecule has 0 spiro atoms. The minimum Gasteiger partial charge on any atom is -0.343 e. The molecule has 88 valence electrons. The van der Waals surface area contributed by atoms with Crippen LogP contribution in [-0.2, 0) is 4.79 Å². The standard InChI is InChI=1S/C12H18N2OS/c1-14(8-9-16-2)12(15)11(13)10-6-4-3-5-7-10/h3-7,11H,8-9,13H2,1-2H3/t11-/m0/s1. The van der Waals surface area contributed by atoms with Crippen molar-refractivity contribution in [3.63, 3.8) is 0 Å². The normalized spacial score (nSPS) is 12.2. The van der Waals surface area contributed by atoms with Crippen LogP contribution in [0.15, 0.2) is 30.3 Å². The van der Waals surface area contributed by atoms with E-state index >= 15 is 0 Å². The van der Waals surface area contributed by atoms with Gasteiger partial charge in [0.25, 0.3) is 0 Å². The minimum absolute atomic E-state index is 0.0275. The lowest BCUT2D eigenvalue weighted by molar-refractivity contribution is -0.131. The average molecular weight is 238 g/mol. The van der Waals surface area contributed by atoms with Gasteiger partial charge in [-0.1, -0.05) is 30.3 Å². The lowest BCUT2D eigenvalue weighted by atomic mass is 10.1. The first-order valence-corrected chi connectivity index (χ1v) is 6.60. The number of nitrogens with zero attached hydrogens (tertiary/aromatic N) is 1. The molecule has 1 atom stereocenters. The SMILES string of the molecule is CSCCN(C)C(=O)[C@@H](N)c1ccccc1. The highest BCUT2D eigenvalue weighted by molar-refractivity contribution is 7.98. The summed E-state index contributed by atoms with van der Waals surface area (Å²) in [6, 6.07) is 8.91. The number of rotatable bonds is 5. The summed E-state index contributed by atoms with van der Waals surface area (Å²) in [6.45, 7) is 0.737. The molecular weight excluding hydrogens is 220 g/mol. The third kappa shape index (κ3) is 3.54. The van der Waals surface area contributed by atoms with E-state index in [2.05, 4.69) is 0 Å². The molecule has 0 aliphatic rings. The summed E-state index contributed by atoms with van der Waals surface area (Å²) in [6.07, 6.45) is 2.02. The van der Waals surface area contributed by atoms with Crippen molar-refractivity contribution in [2.75, 3.05) is 25.6 Å². The molecule has 1 aromatic rings. The molecule has 2 N–H and O–H groups in total. The van der Waals surface area contributed by atoms with E-state index in [-0.39, 0.29) is 5.91 Å². The predicted octanol–water partition coefficient (Wildman–Crippen LogP) is 1.51. The minimum atomic E-state index is -0.548. The van der Waals surface area contributed by atoms with E-state index in [9.17, 15) is 4.79 Å². The van der Waals surface area contributed by atoms with E-state index in [1.807, 2.05) is 36.6 Å². The van der Waals surface area contributed by atoms with Gasteiger partial charge in [-0.15, -0.1) is 0 Å². The molecular formula is C12H18N2OS. The maximum absolute atomic E-state index is 11.9. The summed E-state index contributed by atoms with van der Waals surface area (Å²) < 4.78 is 0. The summed E-state index contributed by atoms with van der Waals surface area (Å²) >= 11 is 1.72. The molecule has 0 aromatic heterocycles. The maximum atomic E-state index is 11.9. The van der Waals surface area contributed by atoms with E-state index in [0.29, 0.717) is 0 Å². The van der Waals surface area contributed by atoms with Crippen molar-refractivity contribution in [2.45, 2.75) is 6.04 Å². The number of likely N-dealkylation sites (N-methyl/N-ethyl adjacent to an activating group) is 1. The van der Waals surface area contributed by atoms with E-state index in [1.165, 1.54) is 0 Å². The fourth-order valence-electron chi connectivity index (χ4n) is 1.38. The van der Waals surface area contributed by atoms with Crippen molar-refractivity contribution in [2.24, 2.45) is 5.73 Å². The van der Waals surface area contributed by atoms with Crippen LogP contribution >= 0.6 is 11.8 Å². The molecule has 1 rings (SSSR count). The van der Waals surface area contributed by atoms with Gasteiger partial charge in [0.05, 0.1) is 0 Å². The first-order valence-electron chi connectivity index (χ1n) is 5.21. The Kier molecular flexibility index (Phi) is 5.35. The van der Waals surface area contributed by atoms with Crippen LogP contribution in [0.1, 0.15) is 11.6 Å². The van der Waals surface area contributed by atoms with Gasteiger partial charge < -0.3 is 10.6 Å². The van der Waals surface area contributed by atoms with Gasteiger partial charge >= 0.3 is 0 Å². The number of carbonyl (C=O) groups excluding carboxylic acids is 1. The summed E-state index contributed by atoms with van der Waals surface area (Å²) in [5.41, 5.74) is 6.78. The zero-order chi connectivity index (χ0) is 12.0. The highest BCUT2D eigenvalue weighted by atomic mass is 32.2. The fraction of sp³-hybridized carbons (Fsp3) is 0.417. The van der Waals surface area contributed by atoms with Crippen LogP contribution in [0.25, 0.3) is 0 Å². The smallest absolute Gasteiger partial charge is 0.243 e. The van der Waals surface area contributed by atoms with Crippen LogP contribution in [0.5, 0.6) is 0 Å². The van der Waals surface area contributed by atoms with Crippen molar-refractivity contribution in [3.05, 3.63) is 35.9 Å². The molecule has 0 saturated carbocycles. The summed E-state index contributed by atoms with van der Waals surface area (Å²) in [4.78, 5) is 13.6. The van der Waals surface area contributed by atoms with Crippen molar-refractivity contribution in [1.29, 1.82) is 0 Å². The average Bonchev–Trinajstić information content (AvgIpc) is 2.35. The van der Waals surface area contributed by atoms with E-state index in [1.54, 1.807) is 23.7 Å². The molecule has 0 aliphatic carbocycles. The van der Waals surface area contributed by atoms with E-state index in [4.69, 9.17) is 5.73 Å². The highest BCUT2D eigenvalue weighted by Crippen LogP contribution is 2.12. The number of hydrogen-bond donors (Lipinski definition) is 1. The molecule has 0 saturated heterocycles. The molecule has 0 radical (unpaired) electrons. The molecule has 0 fully saturated rings. The molecule has 16 heavy (non-hydrogen) atoms. The number of benzene rings is 1. The van der Waals surface area contributed by atoms with Crippen LogP contribution in [0.3, 0.4) is 0 Å². The molecule has 3 nitrogen and oxygen atoms in total. The van der Waals surface area contributed by atoms with E-state index < -0.39 is 6.04 Å². The van der Waals surface area contributed by atoms with Gasteiger partial charge in [0, 0.05) is 19.3 Å². The zero-order valence-electron chi connectivity index (χ0n) is 9.72. The van der Waals surface area contributed by atoms with Gasteiger partial charge in [-0.05, 0) is 11.8 Å². The Morgan fingerprint density at radius 1 is 1.44 bits per heavy atom. The van der Waals surface area contributed by atoms with Crippen LogP contribution in [0.2, 0.25) is 0 Å². The summed E-state index contributed by atoms with van der Waals surface area (Å²) in [5, 5.41) is 0. The van der Waals surface area contributed by atoms with Crippen LogP contribution < -0.4 is 5.73 Å². The monoisotopic (exact) mass is 238 g/mol. The van der Waals surface area contributed by atoms with Gasteiger partial charge in [0.2, 0.25) is 5.91 Å². The Morgan fingerprint density at radius 2 is 2.06 bits per heavy atom. The van der Waals surface area contributed by atoms with Crippen molar-refractivity contribution in [3.8, 4) is 0 Å². The van der Waals surface area contributed by atoms with Crippen molar-refractivity contribution in [1.82, 2.24) is 4.90 Å². The third-order valence-corrected chi connectivity index (χ3v) is 3.02. The molecule has 0 aliphatic heterocycles. The molecule has 4 heteroatoms. The van der Waals surface area contributed by atoms with Gasteiger partial charge in [-0.3, -0.25) is 4.79 Å². The second-order valence-corrected chi connectivity index (χ2v) is 4.63. The second kappa shape index (κ2) is 6.55. The quantitative estimate of drug-likeness (QED) is 0.845. The fourth-order valence-corrected chi connectivity index (χ4v) is 1.84. The zero-order valence-corrected chi connectivity index (χ0v) is 10.5. The van der Waals surface area contributed by atoms with Crippen molar-refractivity contribution < 1.29 is 4.79 Å². The highest BCUT2D eigenvalue weighted by Gasteiger charge is 2.18. The number of nitrogens with two attached hydrogens (primary N) is 1. The Labute approximate surface area is 101 Å². The topological polar surface area (TPSA) is 46.3 Å². The lowest BCUT2D eigenvalue weighted by Crippen LogP contribution is -2.37. The Bertz CT molecular complexity index is 329. The predicted molar refractivity (Wildman–Crippen MR) is 69.4 cm³/mol.